The van der Waals surface area contributed by atoms with Gasteiger partial charge in [0.2, 0.25) is 0 Å². The summed E-state index contributed by atoms with van der Waals surface area (Å²) >= 11 is 0. The van der Waals surface area contributed by atoms with E-state index in [0.717, 1.165) is 0 Å². The van der Waals surface area contributed by atoms with Gasteiger partial charge in [-0.15, -0.1) is 6.58 Å². The number of halogens is 1. The maximum atomic E-state index is 13.0. The third kappa shape index (κ3) is 4.41. The second-order valence-electron chi connectivity index (χ2n) is 4.29. The molecule has 1 unspecified atom stereocenters. The highest BCUT2D eigenvalue weighted by atomic mass is 19.1. The van der Waals surface area contributed by atoms with Gasteiger partial charge in [-0.1, -0.05) is 18.2 Å². The molecule has 0 radical (unpaired) electrons. The molecule has 0 N–H and O–H groups in total. The van der Waals surface area contributed by atoms with Crippen LogP contribution in [0.25, 0.3) is 0 Å². The summed E-state index contributed by atoms with van der Waals surface area (Å²) < 4.78 is 22.9. The number of carbonyl (C=O) groups excluding carboxylic acids is 2. The SMILES string of the molecule is C=CC(c1ccc(F)cc1)C(C(=O)OCC)C(=O)OCC. The van der Waals surface area contributed by atoms with Gasteiger partial charge < -0.3 is 9.47 Å². The van der Waals surface area contributed by atoms with Gasteiger partial charge in [-0.3, -0.25) is 9.59 Å². The molecule has 0 saturated heterocycles. The van der Waals surface area contributed by atoms with Gasteiger partial charge in [0.25, 0.3) is 0 Å². The van der Waals surface area contributed by atoms with Crippen molar-refractivity contribution in [1.29, 1.82) is 0 Å². The number of allylic oxidation sites excluding steroid dienone is 1. The Morgan fingerprint density at radius 2 is 1.62 bits per heavy atom. The second-order valence-corrected chi connectivity index (χ2v) is 4.29. The molecular formula is C16H19FO4. The van der Waals surface area contributed by atoms with E-state index >= 15 is 0 Å². The summed E-state index contributed by atoms with van der Waals surface area (Å²) in [6.07, 6.45) is 1.46. The molecule has 0 spiro atoms. The molecule has 0 bridgehead atoms. The van der Waals surface area contributed by atoms with E-state index in [1.54, 1.807) is 13.8 Å². The molecule has 1 aromatic rings. The van der Waals surface area contributed by atoms with Crippen LogP contribution in [0.4, 0.5) is 4.39 Å². The molecule has 1 atom stereocenters. The maximum Gasteiger partial charge on any atom is 0.321 e. The van der Waals surface area contributed by atoms with E-state index in [0.29, 0.717) is 5.56 Å². The van der Waals surface area contributed by atoms with Gasteiger partial charge in [-0.25, -0.2) is 4.39 Å². The maximum absolute atomic E-state index is 13.0. The predicted octanol–water partition coefficient (Wildman–Crippen LogP) is 2.84. The van der Waals surface area contributed by atoms with Gasteiger partial charge in [-0.2, -0.15) is 0 Å². The van der Waals surface area contributed by atoms with Crippen LogP contribution in [0.1, 0.15) is 25.3 Å². The van der Waals surface area contributed by atoms with Gasteiger partial charge in [0.05, 0.1) is 13.2 Å². The molecule has 0 aliphatic heterocycles. The number of esters is 2. The van der Waals surface area contributed by atoms with Crippen LogP contribution in [0.5, 0.6) is 0 Å². The van der Waals surface area contributed by atoms with Crippen LogP contribution in [-0.2, 0) is 19.1 Å². The highest BCUT2D eigenvalue weighted by Crippen LogP contribution is 2.28. The molecule has 0 amide bonds. The van der Waals surface area contributed by atoms with Gasteiger partial charge in [0.15, 0.2) is 5.92 Å². The number of rotatable bonds is 7. The Hall–Kier alpha value is -2.17. The fraction of sp³-hybridized carbons (Fsp3) is 0.375. The highest BCUT2D eigenvalue weighted by molar-refractivity contribution is 5.96. The van der Waals surface area contributed by atoms with Gasteiger partial charge in [-0.05, 0) is 31.5 Å². The summed E-state index contributed by atoms with van der Waals surface area (Å²) in [5.41, 5.74) is 0.595. The van der Waals surface area contributed by atoms with Crippen molar-refractivity contribution in [3.8, 4) is 0 Å². The summed E-state index contributed by atoms with van der Waals surface area (Å²) in [5.74, 6) is -3.53. The molecule has 0 fully saturated rings. The van der Waals surface area contributed by atoms with E-state index in [-0.39, 0.29) is 13.2 Å². The molecule has 0 aliphatic carbocycles. The first kappa shape index (κ1) is 16.9. The monoisotopic (exact) mass is 294 g/mol. The molecular weight excluding hydrogens is 275 g/mol. The summed E-state index contributed by atoms with van der Waals surface area (Å²) in [4.78, 5) is 24.1. The van der Waals surface area contributed by atoms with Crippen LogP contribution in [0.2, 0.25) is 0 Å². The first-order chi connectivity index (χ1) is 10.0. The van der Waals surface area contributed by atoms with Crippen LogP contribution in [0, 0.1) is 11.7 Å². The van der Waals surface area contributed by atoms with Crippen molar-refractivity contribution in [2.24, 2.45) is 5.92 Å². The minimum absolute atomic E-state index is 0.155. The Bertz CT molecular complexity index is 478. The Morgan fingerprint density at radius 3 is 2.00 bits per heavy atom. The van der Waals surface area contributed by atoms with Crippen molar-refractivity contribution in [1.82, 2.24) is 0 Å². The van der Waals surface area contributed by atoms with Crippen LogP contribution < -0.4 is 0 Å². The molecule has 114 valence electrons. The normalized spacial score (nSPS) is 11.8. The van der Waals surface area contributed by atoms with Crippen molar-refractivity contribution in [2.75, 3.05) is 13.2 Å². The van der Waals surface area contributed by atoms with E-state index in [1.165, 1.54) is 30.3 Å². The van der Waals surface area contributed by atoms with Crippen LogP contribution in [0.15, 0.2) is 36.9 Å². The largest absolute Gasteiger partial charge is 0.465 e. The fourth-order valence-corrected chi connectivity index (χ4v) is 2.00. The minimum atomic E-state index is -1.15. The lowest BCUT2D eigenvalue weighted by atomic mass is 9.86. The zero-order valence-corrected chi connectivity index (χ0v) is 12.2. The summed E-state index contributed by atoms with van der Waals surface area (Å²) in [7, 11) is 0. The van der Waals surface area contributed by atoms with Gasteiger partial charge >= 0.3 is 11.9 Å². The number of hydrogen-bond donors (Lipinski definition) is 0. The van der Waals surface area contributed by atoms with Crippen molar-refractivity contribution >= 4 is 11.9 Å². The third-order valence-corrected chi connectivity index (χ3v) is 2.95. The fourth-order valence-electron chi connectivity index (χ4n) is 2.00. The van der Waals surface area contributed by atoms with Crippen LogP contribution in [0.3, 0.4) is 0 Å². The molecule has 0 heterocycles. The third-order valence-electron chi connectivity index (χ3n) is 2.95. The van der Waals surface area contributed by atoms with Crippen molar-refractivity contribution in [3.63, 3.8) is 0 Å². The van der Waals surface area contributed by atoms with E-state index in [9.17, 15) is 14.0 Å². The Kier molecular flexibility index (Phi) is 6.59. The van der Waals surface area contributed by atoms with E-state index in [4.69, 9.17) is 9.47 Å². The van der Waals surface area contributed by atoms with Gasteiger partial charge in [0, 0.05) is 5.92 Å². The molecule has 0 saturated carbocycles. The van der Waals surface area contributed by atoms with Crippen molar-refractivity contribution in [2.45, 2.75) is 19.8 Å². The average Bonchev–Trinajstić information content (AvgIpc) is 2.46. The molecule has 0 aromatic heterocycles. The summed E-state index contributed by atoms with van der Waals surface area (Å²) in [6, 6.07) is 5.54. The lowest BCUT2D eigenvalue weighted by molar-refractivity contribution is -0.162. The standard InChI is InChI=1S/C16H19FO4/c1-4-13(11-7-9-12(17)10-8-11)14(15(18)20-5-2)16(19)21-6-3/h4,7-10,13-14H,1,5-6H2,2-3H3. The second kappa shape index (κ2) is 8.19. The molecule has 1 aromatic carbocycles. The van der Waals surface area contributed by atoms with Crippen LogP contribution in [-0.4, -0.2) is 25.2 Å². The molecule has 1 rings (SSSR count). The zero-order valence-electron chi connectivity index (χ0n) is 12.2. The summed E-state index contributed by atoms with van der Waals surface area (Å²) in [5, 5.41) is 0. The number of hydrogen-bond acceptors (Lipinski definition) is 4. The zero-order chi connectivity index (χ0) is 15.8. The molecule has 0 aliphatic rings. The summed E-state index contributed by atoms with van der Waals surface area (Å²) in [6.45, 7) is 7.27. The van der Waals surface area contributed by atoms with Crippen molar-refractivity contribution in [3.05, 3.63) is 48.3 Å². The van der Waals surface area contributed by atoms with Crippen LogP contribution >= 0.6 is 0 Å². The molecule has 4 nitrogen and oxygen atoms in total. The molecule has 5 heteroatoms. The topological polar surface area (TPSA) is 52.6 Å². The predicted molar refractivity (Wildman–Crippen MR) is 76.1 cm³/mol. The number of benzene rings is 1. The first-order valence-electron chi connectivity index (χ1n) is 6.76. The lowest BCUT2D eigenvalue weighted by Crippen LogP contribution is -2.32. The smallest absolute Gasteiger partial charge is 0.321 e. The Balaban J connectivity index is 3.13. The average molecular weight is 294 g/mol. The molecule has 21 heavy (non-hydrogen) atoms. The van der Waals surface area contributed by atoms with E-state index in [1.807, 2.05) is 0 Å². The Morgan fingerprint density at radius 1 is 1.14 bits per heavy atom. The van der Waals surface area contributed by atoms with Crippen molar-refractivity contribution < 1.29 is 23.5 Å². The number of ether oxygens (including phenoxy) is 2. The van der Waals surface area contributed by atoms with E-state index in [2.05, 4.69) is 6.58 Å². The Labute approximate surface area is 123 Å². The highest BCUT2D eigenvalue weighted by Gasteiger charge is 2.36. The lowest BCUT2D eigenvalue weighted by Gasteiger charge is -2.21. The number of carbonyl (C=O) groups is 2. The quantitative estimate of drug-likeness (QED) is 0.441. The van der Waals surface area contributed by atoms with Gasteiger partial charge in [0.1, 0.15) is 5.82 Å². The minimum Gasteiger partial charge on any atom is -0.465 e. The first-order valence-corrected chi connectivity index (χ1v) is 6.76. The van der Waals surface area contributed by atoms with E-state index < -0.39 is 29.6 Å².